The molecule has 0 saturated heterocycles. The largest absolute Gasteiger partial charge is 0.466 e. The summed E-state index contributed by atoms with van der Waals surface area (Å²) >= 11 is 3.36. The van der Waals surface area contributed by atoms with Gasteiger partial charge in [-0.15, -0.1) is 0 Å². The molecule has 0 saturated carbocycles. The highest BCUT2D eigenvalue weighted by molar-refractivity contribution is 9.10. The van der Waals surface area contributed by atoms with Crippen LogP contribution in [0, 0.1) is 6.92 Å². The molecule has 1 N–H and O–H groups in total. The summed E-state index contributed by atoms with van der Waals surface area (Å²) in [7, 11) is 0. The van der Waals surface area contributed by atoms with Crippen molar-refractivity contribution in [2.24, 2.45) is 0 Å². The van der Waals surface area contributed by atoms with Gasteiger partial charge in [-0.1, -0.05) is 15.9 Å². The van der Waals surface area contributed by atoms with Gasteiger partial charge in [-0.3, -0.25) is 9.59 Å². The Morgan fingerprint density at radius 2 is 2.11 bits per heavy atom. The van der Waals surface area contributed by atoms with Crippen molar-refractivity contribution in [2.75, 3.05) is 13.2 Å². The molecule has 1 aromatic carbocycles. The third-order valence-corrected chi connectivity index (χ3v) is 3.07. The highest BCUT2D eigenvalue weighted by Crippen LogP contribution is 2.15. The molecule has 0 aliphatic heterocycles. The quantitative estimate of drug-likeness (QED) is 0.645. The first-order valence-corrected chi connectivity index (χ1v) is 7.04. The standard InChI is InChI=1S/C14H18BrNO3/c1-3-19-13(17)5-4-8-16-14(18)12-7-6-11(15)9-10(12)2/h6-7,9H,3-5,8H2,1-2H3,(H,16,18). The fourth-order valence-electron chi connectivity index (χ4n) is 1.64. The van der Waals surface area contributed by atoms with E-state index in [-0.39, 0.29) is 11.9 Å². The van der Waals surface area contributed by atoms with E-state index in [0.29, 0.717) is 31.6 Å². The first kappa shape index (κ1) is 15.7. The number of benzene rings is 1. The molecule has 0 radical (unpaired) electrons. The number of nitrogens with one attached hydrogen (secondary N) is 1. The van der Waals surface area contributed by atoms with Crippen LogP contribution in [0.5, 0.6) is 0 Å². The summed E-state index contributed by atoms with van der Waals surface area (Å²) in [4.78, 5) is 23.0. The molecule has 0 spiro atoms. The van der Waals surface area contributed by atoms with Crippen LogP contribution in [-0.2, 0) is 9.53 Å². The van der Waals surface area contributed by atoms with Gasteiger partial charge in [0, 0.05) is 23.0 Å². The smallest absolute Gasteiger partial charge is 0.305 e. The first-order valence-electron chi connectivity index (χ1n) is 6.24. The number of hydrogen-bond donors (Lipinski definition) is 1. The number of carbonyl (C=O) groups excluding carboxylic acids is 2. The molecule has 4 nitrogen and oxygen atoms in total. The molecule has 0 aliphatic carbocycles. The molecular weight excluding hydrogens is 310 g/mol. The molecule has 1 rings (SSSR count). The molecule has 0 aliphatic rings. The second kappa shape index (κ2) is 7.94. The van der Waals surface area contributed by atoms with E-state index in [1.54, 1.807) is 13.0 Å². The van der Waals surface area contributed by atoms with Crippen LogP contribution < -0.4 is 5.32 Å². The van der Waals surface area contributed by atoms with Gasteiger partial charge < -0.3 is 10.1 Å². The van der Waals surface area contributed by atoms with E-state index in [0.717, 1.165) is 10.0 Å². The Kier molecular flexibility index (Phi) is 6.56. The van der Waals surface area contributed by atoms with Gasteiger partial charge in [0.25, 0.3) is 5.91 Å². The van der Waals surface area contributed by atoms with E-state index in [2.05, 4.69) is 21.2 Å². The van der Waals surface area contributed by atoms with Gasteiger partial charge in [0.15, 0.2) is 0 Å². The average Bonchev–Trinajstić information content (AvgIpc) is 2.34. The fourth-order valence-corrected chi connectivity index (χ4v) is 2.12. The van der Waals surface area contributed by atoms with Crippen molar-refractivity contribution in [1.82, 2.24) is 5.32 Å². The number of hydrogen-bond acceptors (Lipinski definition) is 3. The van der Waals surface area contributed by atoms with Gasteiger partial charge in [-0.25, -0.2) is 0 Å². The predicted molar refractivity (Wildman–Crippen MR) is 77.1 cm³/mol. The summed E-state index contributed by atoms with van der Waals surface area (Å²) in [5.74, 6) is -0.342. The molecule has 19 heavy (non-hydrogen) atoms. The van der Waals surface area contributed by atoms with Crippen LogP contribution in [0.1, 0.15) is 35.7 Å². The zero-order chi connectivity index (χ0) is 14.3. The van der Waals surface area contributed by atoms with Crippen LogP contribution in [0.2, 0.25) is 0 Å². The minimum Gasteiger partial charge on any atom is -0.466 e. The Hall–Kier alpha value is -1.36. The third-order valence-electron chi connectivity index (χ3n) is 2.58. The third kappa shape index (κ3) is 5.42. The van der Waals surface area contributed by atoms with E-state index >= 15 is 0 Å². The van der Waals surface area contributed by atoms with Crippen molar-refractivity contribution < 1.29 is 14.3 Å². The maximum atomic E-state index is 11.9. The molecule has 1 amide bonds. The molecule has 0 atom stereocenters. The van der Waals surface area contributed by atoms with Crippen LogP contribution in [0.4, 0.5) is 0 Å². The Balaban J connectivity index is 2.37. The summed E-state index contributed by atoms with van der Waals surface area (Å²) in [5.41, 5.74) is 1.57. The van der Waals surface area contributed by atoms with Crippen molar-refractivity contribution in [3.63, 3.8) is 0 Å². The highest BCUT2D eigenvalue weighted by Gasteiger charge is 2.09. The normalized spacial score (nSPS) is 10.1. The topological polar surface area (TPSA) is 55.4 Å². The molecule has 0 heterocycles. The summed E-state index contributed by atoms with van der Waals surface area (Å²) in [6.07, 6.45) is 0.910. The molecule has 5 heteroatoms. The minimum atomic E-state index is -0.225. The summed E-state index contributed by atoms with van der Waals surface area (Å²) in [6.45, 7) is 4.52. The molecule has 104 valence electrons. The second-order valence-corrected chi connectivity index (χ2v) is 5.04. The van der Waals surface area contributed by atoms with Crippen LogP contribution in [-0.4, -0.2) is 25.0 Å². The van der Waals surface area contributed by atoms with Crippen molar-refractivity contribution in [3.05, 3.63) is 33.8 Å². The number of ether oxygens (including phenoxy) is 1. The van der Waals surface area contributed by atoms with Crippen molar-refractivity contribution in [1.29, 1.82) is 0 Å². The van der Waals surface area contributed by atoms with Gasteiger partial charge in [0.05, 0.1) is 6.61 Å². The number of rotatable bonds is 6. The highest BCUT2D eigenvalue weighted by atomic mass is 79.9. The first-order chi connectivity index (χ1) is 9.04. The van der Waals surface area contributed by atoms with Gasteiger partial charge in [0.2, 0.25) is 0 Å². The van der Waals surface area contributed by atoms with Crippen LogP contribution >= 0.6 is 15.9 Å². The maximum Gasteiger partial charge on any atom is 0.305 e. The summed E-state index contributed by atoms with van der Waals surface area (Å²) in [5, 5.41) is 2.79. The van der Waals surface area contributed by atoms with E-state index in [4.69, 9.17) is 4.74 Å². The predicted octanol–water partition coefficient (Wildman–Crippen LogP) is 2.83. The van der Waals surface area contributed by atoms with Gasteiger partial charge in [0.1, 0.15) is 0 Å². The van der Waals surface area contributed by atoms with E-state index < -0.39 is 0 Å². The Bertz CT molecular complexity index is 460. The zero-order valence-electron chi connectivity index (χ0n) is 11.2. The van der Waals surface area contributed by atoms with Gasteiger partial charge in [-0.2, -0.15) is 0 Å². The number of esters is 1. The maximum absolute atomic E-state index is 11.9. The summed E-state index contributed by atoms with van der Waals surface area (Å²) < 4.78 is 5.76. The second-order valence-electron chi connectivity index (χ2n) is 4.12. The molecular formula is C14H18BrNO3. The van der Waals surface area contributed by atoms with Crippen molar-refractivity contribution in [2.45, 2.75) is 26.7 Å². The lowest BCUT2D eigenvalue weighted by Gasteiger charge is -2.08. The Labute approximate surface area is 121 Å². The molecule has 0 bridgehead atoms. The number of amides is 1. The molecule has 0 unspecified atom stereocenters. The lowest BCUT2D eigenvalue weighted by atomic mass is 10.1. The van der Waals surface area contributed by atoms with Crippen molar-refractivity contribution >= 4 is 27.8 Å². The fraction of sp³-hybridized carbons (Fsp3) is 0.429. The Morgan fingerprint density at radius 3 is 2.74 bits per heavy atom. The lowest BCUT2D eigenvalue weighted by Crippen LogP contribution is -2.25. The van der Waals surface area contributed by atoms with Crippen LogP contribution in [0.3, 0.4) is 0 Å². The number of carbonyl (C=O) groups is 2. The average molecular weight is 328 g/mol. The van der Waals surface area contributed by atoms with Crippen LogP contribution in [0.15, 0.2) is 22.7 Å². The molecule has 0 aromatic heterocycles. The van der Waals surface area contributed by atoms with Gasteiger partial charge in [-0.05, 0) is 44.0 Å². The molecule has 0 fully saturated rings. The summed E-state index contributed by atoms with van der Waals surface area (Å²) in [6, 6.07) is 5.51. The van der Waals surface area contributed by atoms with E-state index in [1.807, 2.05) is 19.1 Å². The van der Waals surface area contributed by atoms with E-state index in [1.165, 1.54) is 0 Å². The van der Waals surface area contributed by atoms with Crippen LogP contribution in [0.25, 0.3) is 0 Å². The minimum absolute atomic E-state index is 0.117. The van der Waals surface area contributed by atoms with Crippen molar-refractivity contribution in [3.8, 4) is 0 Å². The zero-order valence-corrected chi connectivity index (χ0v) is 12.7. The number of halogens is 1. The van der Waals surface area contributed by atoms with E-state index in [9.17, 15) is 9.59 Å². The lowest BCUT2D eigenvalue weighted by molar-refractivity contribution is -0.143. The SMILES string of the molecule is CCOC(=O)CCCNC(=O)c1ccc(Br)cc1C. The monoisotopic (exact) mass is 327 g/mol. The molecule has 1 aromatic rings. The number of aryl methyl sites for hydroxylation is 1. The van der Waals surface area contributed by atoms with Gasteiger partial charge >= 0.3 is 5.97 Å². The Morgan fingerprint density at radius 1 is 1.37 bits per heavy atom.